The van der Waals surface area contributed by atoms with E-state index in [1.807, 2.05) is 32.1 Å². The van der Waals surface area contributed by atoms with Gasteiger partial charge in [-0.2, -0.15) is 0 Å². The van der Waals surface area contributed by atoms with Gasteiger partial charge in [0.25, 0.3) is 0 Å². The molecule has 1 nitrogen and oxygen atoms in total. The van der Waals surface area contributed by atoms with Crippen molar-refractivity contribution in [2.24, 2.45) is 5.73 Å². The second kappa shape index (κ2) is 19.7. The summed E-state index contributed by atoms with van der Waals surface area (Å²) in [5.74, 6) is 0. The molecule has 1 aliphatic rings. The number of nitrogens with two attached hydrogens (primary N) is 1. The van der Waals surface area contributed by atoms with E-state index in [9.17, 15) is 0 Å². The van der Waals surface area contributed by atoms with Gasteiger partial charge in [0, 0.05) is 0 Å². The minimum absolute atomic E-state index is 0.192. The van der Waals surface area contributed by atoms with Gasteiger partial charge in [-0.1, -0.05) is 129 Å². The summed E-state index contributed by atoms with van der Waals surface area (Å²) >= 11 is 0. The molecule has 0 saturated heterocycles. The van der Waals surface area contributed by atoms with Gasteiger partial charge in [-0.05, 0) is 87.8 Å². The van der Waals surface area contributed by atoms with Gasteiger partial charge in [-0.3, -0.25) is 0 Å². The van der Waals surface area contributed by atoms with E-state index in [4.69, 9.17) is 5.73 Å². The largest absolute Gasteiger partial charge is 0.320 e. The maximum absolute atomic E-state index is 6.42. The highest BCUT2D eigenvalue weighted by Gasteiger charge is 2.11. The maximum Gasteiger partial charge on any atom is 0.0548 e. The van der Waals surface area contributed by atoms with E-state index in [1.54, 1.807) is 12.2 Å². The molecule has 0 saturated carbocycles. The third-order valence-electron chi connectivity index (χ3n) is 5.80. The molecule has 0 aliphatic heterocycles. The van der Waals surface area contributed by atoms with E-state index in [2.05, 4.69) is 109 Å². The first-order valence-electron chi connectivity index (χ1n) is 13.1. The number of allylic oxidation sites excluding steroid dienone is 12. The van der Waals surface area contributed by atoms with Gasteiger partial charge in [-0.25, -0.2) is 0 Å². The molecule has 1 unspecified atom stereocenters. The SMILES string of the molecule is C=C/C(=C\C)C(N)C(/C=C\CC)=C/C(=C)c1cc(C)ccc1C.C=C/C=C(/C)C=C.CC1=CCCC=C1. The van der Waals surface area contributed by atoms with Gasteiger partial charge in [-0.15, -0.1) is 0 Å². The Labute approximate surface area is 228 Å². The highest BCUT2D eigenvalue weighted by molar-refractivity contribution is 5.76. The van der Waals surface area contributed by atoms with E-state index in [0.29, 0.717) is 0 Å². The lowest BCUT2D eigenvalue weighted by Crippen LogP contribution is -2.23. The van der Waals surface area contributed by atoms with Gasteiger partial charge in [0.2, 0.25) is 0 Å². The fourth-order valence-electron chi connectivity index (χ4n) is 3.47. The van der Waals surface area contributed by atoms with Crippen LogP contribution >= 0.6 is 0 Å². The molecular formula is C36H49N. The van der Waals surface area contributed by atoms with Crippen LogP contribution in [-0.4, -0.2) is 6.04 Å². The average Bonchev–Trinajstić information content (AvgIpc) is 2.89. The van der Waals surface area contributed by atoms with E-state index in [1.165, 1.54) is 35.1 Å². The van der Waals surface area contributed by atoms with E-state index < -0.39 is 0 Å². The van der Waals surface area contributed by atoms with Crippen molar-refractivity contribution in [2.75, 3.05) is 0 Å². The summed E-state index contributed by atoms with van der Waals surface area (Å²) in [5, 5.41) is 0. The molecule has 37 heavy (non-hydrogen) atoms. The summed E-state index contributed by atoms with van der Waals surface area (Å²) in [5.41, 5.74) is 15.6. The zero-order valence-electron chi connectivity index (χ0n) is 24.2. The van der Waals surface area contributed by atoms with E-state index in [0.717, 1.165) is 28.7 Å². The Morgan fingerprint density at radius 3 is 2.19 bits per heavy atom. The second-order valence-corrected chi connectivity index (χ2v) is 9.05. The highest BCUT2D eigenvalue weighted by atomic mass is 14.6. The van der Waals surface area contributed by atoms with Gasteiger partial charge < -0.3 is 5.73 Å². The number of aryl methyl sites for hydroxylation is 2. The summed E-state index contributed by atoms with van der Waals surface area (Å²) in [6.07, 6.45) is 25.7. The number of benzene rings is 1. The maximum atomic E-state index is 6.42. The van der Waals surface area contributed by atoms with Gasteiger partial charge >= 0.3 is 0 Å². The van der Waals surface area contributed by atoms with Crippen molar-refractivity contribution in [3.63, 3.8) is 0 Å². The minimum atomic E-state index is -0.192. The van der Waals surface area contributed by atoms with Crippen molar-refractivity contribution in [2.45, 2.75) is 66.8 Å². The Hall–Kier alpha value is -3.42. The van der Waals surface area contributed by atoms with Crippen LogP contribution in [0.2, 0.25) is 0 Å². The Bertz CT molecular complexity index is 1080. The highest BCUT2D eigenvalue weighted by Crippen LogP contribution is 2.24. The van der Waals surface area contributed by atoms with Crippen LogP contribution in [-0.2, 0) is 0 Å². The molecular weight excluding hydrogens is 446 g/mol. The molecule has 198 valence electrons. The quantitative estimate of drug-likeness (QED) is 0.339. The van der Waals surface area contributed by atoms with Gasteiger partial charge in [0.05, 0.1) is 6.04 Å². The molecule has 1 aromatic carbocycles. The fraction of sp³-hybridized carbons (Fsp3) is 0.278. The molecule has 0 heterocycles. The summed E-state index contributed by atoms with van der Waals surface area (Å²) in [6, 6.07) is 6.23. The standard InChI is InChI=1S/C22H29N.2C7H10/c1-7-10-11-20(22(23)19(8-2)9-3)15-18(6)21-14-16(4)12-13-17(21)5;1-7-5-3-2-4-6-7;1-4-6-7(3)5-2/h8-15,22H,2,6-7,23H2,1,3-5H3;3,5-6H,2,4H2,1H3;4-6H,1-2H2,3H3/b11-10-,19-9+,20-15+;;7-6-. The molecule has 0 amide bonds. The van der Waals surface area contributed by atoms with Crippen LogP contribution in [0.5, 0.6) is 0 Å². The second-order valence-electron chi connectivity index (χ2n) is 9.05. The van der Waals surface area contributed by atoms with Crippen molar-refractivity contribution in [3.8, 4) is 0 Å². The van der Waals surface area contributed by atoms with Crippen LogP contribution in [0.25, 0.3) is 5.57 Å². The summed E-state index contributed by atoms with van der Waals surface area (Å²) in [6.45, 7) is 27.6. The van der Waals surface area contributed by atoms with E-state index >= 15 is 0 Å². The molecule has 2 N–H and O–H groups in total. The lowest BCUT2D eigenvalue weighted by Gasteiger charge is -2.16. The van der Waals surface area contributed by atoms with Crippen molar-refractivity contribution < 1.29 is 0 Å². The van der Waals surface area contributed by atoms with Crippen LogP contribution in [0, 0.1) is 13.8 Å². The molecule has 1 aromatic rings. The molecule has 1 aliphatic carbocycles. The Kier molecular flexibility index (Phi) is 17.9. The van der Waals surface area contributed by atoms with Crippen LogP contribution in [0.1, 0.15) is 63.6 Å². The summed E-state index contributed by atoms with van der Waals surface area (Å²) in [7, 11) is 0. The predicted molar refractivity (Wildman–Crippen MR) is 171 cm³/mol. The molecule has 0 bridgehead atoms. The van der Waals surface area contributed by atoms with Crippen LogP contribution in [0.3, 0.4) is 0 Å². The first kappa shape index (κ1) is 33.6. The first-order chi connectivity index (χ1) is 17.6. The van der Waals surface area contributed by atoms with Gasteiger partial charge in [0.1, 0.15) is 0 Å². The Morgan fingerprint density at radius 2 is 1.76 bits per heavy atom. The molecule has 1 heteroatoms. The van der Waals surface area contributed by atoms with Crippen molar-refractivity contribution in [1.29, 1.82) is 0 Å². The molecule has 0 spiro atoms. The third-order valence-corrected chi connectivity index (χ3v) is 5.80. The predicted octanol–water partition coefficient (Wildman–Crippen LogP) is 10.3. The van der Waals surface area contributed by atoms with Crippen molar-refractivity contribution in [3.05, 3.63) is 150 Å². The first-order valence-corrected chi connectivity index (χ1v) is 13.1. The fourth-order valence-corrected chi connectivity index (χ4v) is 3.47. The van der Waals surface area contributed by atoms with E-state index in [-0.39, 0.29) is 6.04 Å². The minimum Gasteiger partial charge on any atom is -0.320 e. The van der Waals surface area contributed by atoms with Gasteiger partial charge in [0.15, 0.2) is 0 Å². The molecule has 2 rings (SSSR count). The van der Waals surface area contributed by atoms with Crippen LogP contribution in [0.4, 0.5) is 0 Å². The molecule has 1 atom stereocenters. The Balaban J connectivity index is 0.000000747. The number of rotatable bonds is 9. The third kappa shape index (κ3) is 14.0. The smallest absolute Gasteiger partial charge is 0.0548 e. The number of hydrogen-bond acceptors (Lipinski definition) is 1. The Morgan fingerprint density at radius 1 is 1.05 bits per heavy atom. The topological polar surface area (TPSA) is 26.0 Å². The molecule has 0 radical (unpaired) electrons. The van der Waals surface area contributed by atoms with Crippen molar-refractivity contribution >= 4 is 5.57 Å². The lowest BCUT2D eigenvalue weighted by atomic mass is 9.93. The normalized spacial score (nSPS) is 14.5. The average molecular weight is 496 g/mol. The monoisotopic (exact) mass is 495 g/mol. The molecule has 0 aromatic heterocycles. The lowest BCUT2D eigenvalue weighted by molar-refractivity contribution is 0.932. The zero-order valence-corrected chi connectivity index (χ0v) is 24.2. The summed E-state index contributed by atoms with van der Waals surface area (Å²) < 4.78 is 0. The molecule has 0 fully saturated rings. The summed E-state index contributed by atoms with van der Waals surface area (Å²) in [4.78, 5) is 0. The zero-order chi connectivity index (χ0) is 28.2. The van der Waals surface area contributed by atoms with Crippen molar-refractivity contribution in [1.82, 2.24) is 0 Å². The number of hydrogen-bond donors (Lipinski definition) is 1. The van der Waals surface area contributed by atoms with Crippen LogP contribution in [0.15, 0.2) is 134 Å². The van der Waals surface area contributed by atoms with Crippen LogP contribution < -0.4 is 5.73 Å².